The van der Waals surface area contributed by atoms with Crippen LogP contribution in [-0.2, 0) is 4.79 Å². The number of carbonyl (C=O) groups excluding carboxylic acids is 2. The summed E-state index contributed by atoms with van der Waals surface area (Å²) in [5, 5.41) is 2.97. The highest BCUT2D eigenvalue weighted by Gasteiger charge is 2.14. The second-order valence-electron chi connectivity index (χ2n) is 5.06. The maximum absolute atomic E-state index is 12.0. The van der Waals surface area contributed by atoms with Crippen LogP contribution in [0.4, 0.5) is 5.69 Å². The number of ether oxygens (including phenoxy) is 1. The maximum Gasteiger partial charge on any atom is 0.291 e. The van der Waals surface area contributed by atoms with Crippen LogP contribution in [0.5, 0.6) is 5.75 Å². The van der Waals surface area contributed by atoms with Gasteiger partial charge in [0.25, 0.3) is 11.8 Å². The van der Waals surface area contributed by atoms with Gasteiger partial charge in [0.05, 0.1) is 5.02 Å². The summed E-state index contributed by atoms with van der Waals surface area (Å²) in [7, 11) is 0. The summed E-state index contributed by atoms with van der Waals surface area (Å²) >= 11 is 9.30. The molecule has 0 radical (unpaired) electrons. The molecule has 0 aliphatic carbocycles. The number of halogens is 2. The number of hydrogen-bond donors (Lipinski definition) is 1. The van der Waals surface area contributed by atoms with Gasteiger partial charge in [-0.05, 0) is 60.1 Å². The van der Waals surface area contributed by atoms with Crippen LogP contribution in [0.25, 0.3) is 0 Å². The molecule has 0 saturated carbocycles. The van der Waals surface area contributed by atoms with Gasteiger partial charge in [0, 0.05) is 18.8 Å². The zero-order valence-electron chi connectivity index (χ0n) is 13.8. The highest BCUT2D eigenvalue weighted by molar-refractivity contribution is 9.10. The molecule has 0 unspecified atom stereocenters. The molecule has 1 aromatic carbocycles. The maximum atomic E-state index is 12.0. The van der Waals surface area contributed by atoms with Gasteiger partial charge < -0.3 is 19.4 Å². The predicted molar refractivity (Wildman–Crippen MR) is 99.2 cm³/mol. The Morgan fingerprint density at radius 3 is 2.52 bits per heavy atom. The van der Waals surface area contributed by atoms with Crippen molar-refractivity contribution in [2.75, 3.05) is 25.0 Å². The van der Waals surface area contributed by atoms with Crippen LogP contribution >= 0.6 is 27.5 Å². The van der Waals surface area contributed by atoms with Gasteiger partial charge in [0.2, 0.25) is 0 Å². The van der Waals surface area contributed by atoms with E-state index in [2.05, 4.69) is 21.2 Å². The molecule has 2 amide bonds. The number of rotatable bonds is 7. The smallest absolute Gasteiger partial charge is 0.291 e. The van der Waals surface area contributed by atoms with Crippen LogP contribution in [0, 0.1) is 0 Å². The molecule has 6 nitrogen and oxygen atoms in total. The molecule has 25 heavy (non-hydrogen) atoms. The first kappa shape index (κ1) is 19.3. The molecule has 0 bridgehead atoms. The van der Waals surface area contributed by atoms with E-state index < -0.39 is 5.91 Å². The number of nitrogens with zero attached hydrogens (tertiary/aromatic N) is 1. The van der Waals surface area contributed by atoms with E-state index in [1.807, 2.05) is 13.8 Å². The summed E-state index contributed by atoms with van der Waals surface area (Å²) in [6, 6.07) is 7.97. The molecule has 0 aliphatic heterocycles. The molecule has 134 valence electrons. The molecule has 0 atom stereocenters. The van der Waals surface area contributed by atoms with Crippen LogP contribution < -0.4 is 10.1 Å². The third-order valence-electron chi connectivity index (χ3n) is 3.45. The Bertz CT molecular complexity index is 759. The Kier molecular flexibility index (Phi) is 6.90. The van der Waals surface area contributed by atoms with E-state index in [9.17, 15) is 9.59 Å². The lowest BCUT2D eigenvalue weighted by Crippen LogP contribution is -2.34. The van der Waals surface area contributed by atoms with Gasteiger partial charge in [-0.3, -0.25) is 9.59 Å². The molecule has 0 fully saturated rings. The van der Waals surface area contributed by atoms with Crippen molar-refractivity contribution in [2.45, 2.75) is 13.8 Å². The van der Waals surface area contributed by atoms with Crippen molar-refractivity contribution in [1.82, 2.24) is 4.90 Å². The average Bonchev–Trinajstić information content (AvgIpc) is 3.02. The monoisotopic (exact) mass is 428 g/mol. The number of anilines is 1. The first-order chi connectivity index (χ1) is 11.9. The van der Waals surface area contributed by atoms with Crippen molar-refractivity contribution in [3.63, 3.8) is 0 Å². The molecule has 2 rings (SSSR count). The van der Waals surface area contributed by atoms with Crippen LogP contribution in [0.2, 0.25) is 5.02 Å². The van der Waals surface area contributed by atoms with Crippen LogP contribution in [0.15, 0.2) is 39.4 Å². The lowest BCUT2D eigenvalue weighted by molar-refractivity contribution is -0.132. The van der Waals surface area contributed by atoms with Crippen molar-refractivity contribution >= 4 is 45.0 Å². The molecule has 8 heteroatoms. The Hall–Kier alpha value is -1.99. The second kappa shape index (κ2) is 8.92. The standard InChI is InChI=1S/C17H18BrClN2O4/c1-3-21(4-2)16(22)10-24-13-6-5-11(9-12(13)19)20-17(23)14-7-8-15(18)25-14/h5-9H,3-4,10H2,1-2H3,(H,20,23). The number of likely N-dealkylation sites (N-methyl/N-ethyl adjacent to an activating group) is 1. The molecular weight excluding hydrogens is 412 g/mol. The predicted octanol–water partition coefficient (Wildman–Crippen LogP) is 4.20. The summed E-state index contributed by atoms with van der Waals surface area (Å²) in [4.78, 5) is 25.6. The van der Waals surface area contributed by atoms with Crippen LogP contribution in [0.3, 0.4) is 0 Å². The van der Waals surface area contributed by atoms with Gasteiger partial charge in [0.1, 0.15) is 5.75 Å². The minimum absolute atomic E-state index is 0.0898. The van der Waals surface area contributed by atoms with E-state index in [0.29, 0.717) is 34.2 Å². The van der Waals surface area contributed by atoms with E-state index in [1.165, 1.54) is 0 Å². The summed E-state index contributed by atoms with van der Waals surface area (Å²) in [6.45, 7) is 4.97. The van der Waals surface area contributed by atoms with Gasteiger partial charge in [-0.2, -0.15) is 0 Å². The number of furan rings is 1. The van der Waals surface area contributed by atoms with E-state index in [4.69, 9.17) is 20.8 Å². The van der Waals surface area contributed by atoms with E-state index in [-0.39, 0.29) is 18.3 Å². The lowest BCUT2D eigenvalue weighted by Gasteiger charge is -2.19. The molecule has 0 saturated heterocycles. The van der Waals surface area contributed by atoms with Crippen LogP contribution in [-0.4, -0.2) is 36.4 Å². The quantitative estimate of drug-likeness (QED) is 0.716. The SMILES string of the molecule is CCN(CC)C(=O)COc1ccc(NC(=O)c2ccc(Br)o2)cc1Cl. The van der Waals surface area contributed by atoms with Crippen LogP contribution in [0.1, 0.15) is 24.4 Å². The molecule has 0 aliphatic rings. The lowest BCUT2D eigenvalue weighted by atomic mass is 10.3. The van der Waals surface area contributed by atoms with E-state index >= 15 is 0 Å². The van der Waals surface area contributed by atoms with Gasteiger partial charge >= 0.3 is 0 Å². The zero-order chi connectivity index (χ0) is 18.4. The Morgan fingerprint density at radius 2 is 1.96 bits per heavy atom. The van der Waals surface area contributed by atoms with Crippen molar-refractivity contribution in [3.8, 4) is 5.75 Å². The van der Waals surface area contributed by atoms with E-state index in [0.717, 1.165) is 0 Å². The second-order valence-corrected chi connectivity index (χ2v) is 6.25. The zero-order valence-corrected chi connectivity index (χ0v) is 16.2. The molecule has 0 spiro atoms. The molecule has 1 aromatic heterocycles. The summed E-state index contributed by atoms with van der Waals surface area (Å²) in [6.07, 6.45) is 0. The summed E-state index contributed by atoms with van der Waals surface area (Å²) in [5.41, 5.74) is 0.491. The number of benzene rings is 1. The minimum Gasteiger partial charge on any atom is -0.482 e. The fourth-order valence-electron chi connectivity index (χ4n) is 2.13. The van der Waals surface area contributed by atoms with Crippen molar-refractivity contribution in [2.24, 2.45) is 0 Å². The summed E-state index contributed by atoms with van der Waals surface area (Å²) in [5.74, 6) is 0.0445. The molecule has 1 N–H and O–H groups in total. The first-order valence-electron chi connectivity index (χ1n) is 7.71. The highest BCUT2D eigenvalue weighted by Crippen LogP contribution is 2.28. The van der Waals surface area contributed by atoms with Gasteiger partial charge in [-0.15, -0.1) is 0 Å². The topological polar surface area (TPSA) is 71.8 Å². The minimum atomic E-state index is -0.396. The average molecular weight is 430 g/mol. The third-order valence-corrected chi connectivity index (χ3v) is 4.18. The van der Waals surface area contributed by atoms with Crippen molar-refractivity contribution in [1.29, 1.82) is 0 Å². The normalized spacial score (nSPS) is 10.4. The molecule has 1 heterocycles. The highest BCUT2D eigenvalue weighted by atomic mass is 79.9. The van der Waals surface area contributed by atoms with Gasteiger partial charge in [-0.25, -0.2) is 0 Å². The Balaban J connectivity index is 1.98. The van der Waals surface area contributed by atoms with Gasteiger partial charge in [0.15, 0.2) is 17.0 Å². The van der Waals surface area contributed by atoms with Crippen molar-refractivity contribution in [3.05, 3.63) is 45.8 Å². The Labute approximate surface area is 159 Å². The first-order valence-corrected chi connectivity index (χ1v) is 8.88. The largest absolute Gasteiger partial charge is 0.482 e. The number of nitrogens with one attached hydrogen (secondary N) is 1. The van der Waals surface area contributed by atoms with Crippen molar-refractivity contribution < 1.29 is 18.7 Å². The fraction of sp³-hybridized carbons (Fsp3) is 0.294. The number of carbonyl (C=O) groups is 2. The number of amides is 2. The fourth-order valence-corrected chi connectivity index (χ4v) is 2.67. The summed E-state index contributed by atoms with van der Waals surface area (Å²) < 4.78 is 11.1. The molecular formula is C17H18BrClN2O4. The number of hydrogen-bond acceptors (Lipinski definition) is 4. The Morgan fingerprint density at radius 1 is 1.24 bits per heavy atom. The van der Waals surface area contributed by atoms with Gasteiger partial charge in [-0.1, -0.05) is 11.6 Å². The van der Waals surface area contributed by atoms with E-state index in [1.54, 1.807) is 35.2 Å². The third kappa shape index (κ3) is 5.24. The molecule has 2 aromatic rings.